The van der Waals surface area contributed by atoms with E-state index < -0.39 is 17.7 Å². The highest BCUT2D eigenvalue weighted by Gasteiger charge is 2.45. The molecule has 2 saturated heterocycles. The number of aliphatic hydroxyl groups excluding tert-OH is 1. The van der Waals surface area contributed by atoms with Crippen molar-refractivity contribution < 1.29 is 24.2 Å². The van der Waals surface area contributed by atoms with Gasteiger partial charge in [-0.1, -0.05) is 30.3 Å². The second-order valence-electron chi connectivity index (χ2n) is 8.62. The van der Waals surface area contributed by atoms with E-state index in [9.17, 15) is 14.7 Å². The van der Waals surface area contributed by atoms with Gasteiger partial charge in [-0.05, 0) is 49.6 Å². The zero-order valence-electron chi connectivity index (χ0n) is 19.8. The Morgan fingerprint density at radius 2 is 1.82 bits per heavy atom. The number of hydrogen-bond donors (Lipinski definition) is 1. The van der Waals surface area contributed by atoms with Crippen molar-refractivity contribution in [2.24, 2.45) is 0 Å². The first-order valence-electron chi connectivity index (χ1n) is 11.9. The number of rotatable bonds is 8. The van der Waals surface area contributed by atoms with Crippen molar-refractivity contribution >= 4 is 17.4 Å². The van der Waals surface area contributed by atoms with E-state index in [1.165, 1.54) is 0 Å². The zero-order chi connectivity index (χ0) is 24.1. The Morgan fingerprint density at radius 1 is 1.09 bits per heavy atom. The molecule has 7 heteroatoms. The molecule has 1 unspecified atom stereocenters. The van der Waals surface area contributed by atoms with E-state index in [4.69, 9.17) is 9.47 Å². The number of aryl methyl sites for hydroxylation is 1. The van der Waals surface area contributed by atoms with Gasteiger partial charge in [-0.3, -0.25) is 14.5 Å². The van der Waals surface area contributed by atoms with E-state index in [0.29, 0.717) is 18.7 Å². The van der Waals surface area contributed by atoms with Crippen molar-refractivity contribution in [1.29, 1.82) is 0 Å². The van der Waals surface area contributed by atoms with E-state index in [-0.39, 0.29) is 11.3 Å². The predicted molar refractivity (Wildman–Crippen MR) is 130 cm³/mol. The number of likely N-dealkylation sites (tertiary alicyclic amines) is 1. The minimum atomic E-state index is -0.649. The maximum absolute atomic E-state index is 13.2. The van der Waals surface area contributed by atoms with Crippen LogP contribution >= 0.6 is 0 Å². The summed E-state index contributed by atoms with van der Waals surface area (Å²) in [7, 11) is 0. The number of Topliss-reactive ketones (excluding diaryl/α,β-unsaturated/α-hetero) is 1. The van der Waals surface area contributed by atoms with Gasteiger partial charge in [0.25, 0.3) is 11.7 Å². The number of ketones is 1. The summed E-state index contributed by atoms with van der Waals surface area (Å²) in [5.41, 5.74) is 2.28. The van der Waals surface area contributed by atoms with Crippen molar-refractivity contribution in [3.05, 3.63) is 70.8 Å². The second-order valence-corrected chi connectivity index (χ2v) is 8.62. The first-order chi connectivity index (χ1) is 16.5. The first-order valence-corrected chi connectivity index (χ1v) is 11.9. The lowest BCUT2D eigenvalue weighted by atomic mass is 9.95. The van der Waals surface area contributed by atoms with Gasteiger partial charge in [-0.15, -0.1) is 0 Å². The molecule has 1 N–H and O–H groups in total. The van der Waals surface area contributed by atoms with E-state index in [0.717, 1.165) is 56.1 Å². The van der Waals surface area contributed by atoms with Crippen LogP contribution in [0, 0.1) is 6.92 Å². The standard InChI is InChI=1S/C27H32N2O5/c1-3-34-22-11-10-21(18-19(22)2)25(30)23-24(20-8-5-4-6-9-20)29(27(32)26(23)31)13-7-12-28-14-16-33-17-15-28/h4-6,8-11,18,24,30H,3,7,12-17H2,1-2H3. The van der Waals surface area contributed by atoms with Crippen LogP contribution in [0.15, 0.2) is 54.1 Å². The number of amides is 1. The summed E-state index contributed by atoms with van der Waals surface area (Å²) in [5, 5.41) is 11.2. The highest BCUT2D eigenvalue weighted by Crippen LogP contribution is 2.39. The summed E-state index contributed by atoms with van der Waals surface area (Å²) in [6.45, 7) is 8.78. The smallest absolute Gasteiger partial charge is 0.295 e. The summed E-state index contributed by atoms with van der Waals surface area (Å²) in [6.07, 6.45) is 0.735. The minimum Gasteiger partial charge on any atom is -0.507 e. The quantitative estimate of drug-likeness (QED) is 0.366. The van der Waals surface area contributed by atoms with Crippen LogP contribution < -0.4 is 4.74 Å². The SMILES string of the molecule is CCOc1ccc(C(O)=C2C(=O)C(=O)N(CCCN3CCOCC3)C2c2ccccc2)cc1C. The lowest BCUT2D eigenvalue weighted by Gasteiger charge is -2.29. The van der Waals surface area contributed by atoms with Crippen molar-refractivity contribution in [1.82, 2.24) is 9.80 Å². The highest BCUT2D eigenvalue weighted by atomic mass is 16.5. The van der Waals surface area contributed by atoms with Crippen LogP contribution in [-0.4, -0.2) is 72.6 Å². The van der Waals surface area contributed by atoms with E-state index in [2.05, 4.69) is 4.90 Å². The van der Waals surface area contributed by atoms with Crippen LogP contribution in [-0.2, 0) is 14.3 Å². The molecule has 2 aliphatic heterocycles. The van der Waals surface area contributed by atoms with Crippen molar-refractivity contribution in [2.75, 3.05) is 46.0 Å². The number of aliphatic hydroxyl groups is 1. The van der Waals surface area contributed by atoms with Crippen LogP contribution in [0.2, 0.25) is 0 Å². The molecule has 0 aliphatic carbocycles. The Balaban J connectivity index is 1.65. The van der Waals surface area contributed by atoms with Gasteiger partial charge in [0.05, 0.1) is 31.4 Å². The fourth-order valence-corrected chi connectivity index (χ4v) is 4.65. The van der Waals surface area contributed by atoms with Gasteiger partial charge < -0.3 is 19.5 Å². The summed E-state index contributed by atoms with van der Waals surface area (Å²) in [5.74, 6) is -0.652. The Morgan fingerprint density at radius 3 is 2.50 bits per heavy atom. The maximum atomic E-state index is 13.2. The predicted octanol–water partition coefficient (Wildman–Crippen LogP) is 3.54. The molecule has 2 heterocycles. The number of nitrogens with zero attached hydrogens (tertiary/aromatic N) is 2. The summed E-state index contributed by atoms with van der Waals surface area (Å²) < 4.78 is 11.0. The van der Waals surface area contributed by atoms with Crippen molar-refractivity contribution in [2.45, 2.75) is 26.3 Å². The number of carbonyl (C=O) groups is 2. The van der Waals surface area contributed by atoms with Gasteiger partial charge >= 0.3 is 0 Å². The summed E-state index contributed by atoms with van der Waals surface area (Å²) in [4.78, 5) is 30.2. The molecular formula is C27H32N2O5. The van der Waals surface area contributed by atoms with Gasteiger partial charge in [-0.2, -0.15) is 0 Å². The minimum absolute atomic E-state index is 0.131. The molecule has 7 nitrogen and oxygen atoms in total. The summed E-state index contributed by atoms with van der Waals surface area (Å²) >= 11 is 0. The van der Waals surface area contributed by atoms with Crippen molar-refractivity contribution in [3.8, 4) is 5.75 Å². The molecule has 2 fully saturated rings. The van der Waals surface area contributed by atoms with Crippen LogP contribution in [0.3, 0.4) is 0 Å². The van der Waals surface area contributed by atoms with Crippen LogP contribution in [0.25, 0.3) is 5.76 Å². The van der Waals surface area contributed by atoms with E-state index in [1.54, 1.807) is 23.1 Å². The molecule has 2 aromatic carbocycles. The number of hydrogen-bond acceptors (Lipinski definition) is 6. The third-order valence-corrected chi connectivity index (χ3v) is 6.38. The molecule has 2 aromatic rings. The topological polar surface area (TPSA) is 79.3 Å². The molecular weight excluding hydrogens is 432 g/mol. The Hall–Kier alpha value is -3.16. The third-order valence-electron chi connectivity index (χ3n) is 6.38. The molecule has 1 amide bonds. The molecule has 0 bridgehead atoms. The fraction of sp³-hybridized carbons (Fsp3) is 0.407. The molecule has 4 rings (SSSR count). The number of carbonyl (C=O) groups excluding carboxylic acids is 2. The van der Waals surface area contributed by atoms with Crippen LogP contribution in [0.5, 0.6) is 5.75 Å². The zero-order valence-corrected chi connectivity index (χ0v) is 19.8. The van der Waals surface area contributed by atoms with Gasteiger partial charge in [0, 0.05) is 31.7 Å². The van der Waals surface area contributed by atoms with Gasteiger partial charge in [-0.25, -0.2) is 0 Å². The van der Waals surface area contributed by atoms with Crippen molar-refractivity contribution in [3.63, 3.8) is 0 Å². The molecule has 0 spiro atoms. The monoisotopic (exact) mass is 464 g/mol. The Bertz CT molecular complexity index is 1060. The third kappa shape index (κ3) is 5.00. The maximum Gasteiger partial charge on any atom is 0.295 e. The largest absolute Gasteiger partial charge is 0.507 e. The first kappa shape index (κ1) is 24.0. The molecule has 0 radical (unpaired) electrons. The van der Waals surface area contributed by atoms with Crippen LogP contribution in [0.4, 0.5) is 0 Å². The molecule has 1 atom stereocenters. The molecule has 34 heavy (non-hydrogen) atoms. The Labute approximate surface area is 200 Å². The second kappa shape index (κ2) is 10.8. The van der Waals surface area contributed by atoms with E-state index >= 15 is 0 Å². The van der Waals surface area contributed by atoms with Crippen LogP contribution in [0.1, 0.15) is 36.1 Å². The molecule has 0 saturated carbocycles. The van der Waals surface area contributed by atoms with Gasteiger partial charge in [0.2, 0.25) is 0 Å². The average Bonchev–Trinajstić information content (AvgIpc) is 3.11. The van der Waals surface area contributed by atoms with E-state index in [1.807, 2.05) is 44.2 Å². The Kier molecular flexibility index (Phi) is 7.65. The summed E-state index contributed by atoms with van der Waals surface area (Å²) in [6, 6.07) is 14.1. The average molecular weight is 465 g/mol. The fourth-order valence-electron chi connectivity index (χ4n) is 4.65. The molecule has 0 aromatic heterocycles. The normalized spacial score (nSPS) is 20.6. The van der Waals surface area contributed by atoms with Gasteiger partial charge in [0.15, 0.2) is 0 Å². The molecule has 180 valence electrons. The lowest BCUT2D eigenvalue weighted by molar-refractivity contribution is -0.140. The number of benzene rings is 2. The molecule has 2 aliphatic rings. The lowest BCUT2D eigenvalue weighted by Crippen LogP contribution is -2.38. The number of morpholine rings is 1. The van der Waals surface area contributed by atoms with Gasteiger partial charge in [0.1, 0.15) is 11.5 Å². The number of ether oxygens (including phenoxy) is 2. The highest BCUT2D eigenvalue weighted by molar-refractivity contribution is 6.46.